The minimum Gasteiger partial charge on any atom is -0.481 e. The minimum absolute atomic E-state index is 0.0139. The van der Waals surface area contributed by atoms with Crippen molar-refractivity contribution in [3.8, 4) is 0 Å². The smallest absolute Gasteiger partial charge is 0.308 e. The average Bonchev–Trinajstić information content (AvgIpc) is 2.28. The summed E-state index contributed by atoms with van der Waals surface area (Å²) in [5.41, 5.74) is -0.628. The first kappa shape index (κ1) is 19.9. The van der Waals surface area contributed by atoms with Gasteiger partial charge in [-0.25, -0.2) is 13.1 Å². The van der Waals surface area contributed by atoms with E-state index in [9.17, 15) is 18.0 Å². The van der Waals surface area contributed by atoms with Crippen LogP contribution in [0.25, 0.3) is 0 Å². The minimum atomic E-state index is -3.54. The maximum Gasteiger partial charge on any atom is 0.308 e. The van der Waals surface area contributed by atoms with Gasteiger partial charge in [0.2, 0.25) is 15.9 Å². The van der Waals surface area contributed by atoms with E-state index in [0.29, 0.717) is 12.8 Å². The second-order valence-electron chi connectivity index (χ2n) is 6.26. The molecule has 0 spiro atoms. The summed E-state index contributed by atoms with van der Waals surface area (Å²) >= 11 is 0. The molecule has 0 aromatic carbocycles. The fourth-order valence-corrected chi connectivity index (χ4v) is 2.71. The van der Waals surface area contributed by atoms with Gasteiger partial charge in [-0.15, -0.1) is 0 Å². The summed E-state index contributed by atoms with van der Waals surface area (Å²) in [6.07, 6.45) is 2.13. The lowest BCUT2D eigenvalue weighted by atomic mass is 9.87. The van der Waals surface area contributed by atoms with Crippen LogP contribution in [0.5, 0.6) is 0 Å². The molecule has 0 rings (SSSR count). The van der Waals surface area contributed by atoms with Crippen LogP contribution in [0.4, 0.5) is 0 Å². The van der Waals surface area contributed by atoms with E-state index in [0.717, 1.165) is 6.26 Å². The highest BCUT2D eigenvalue weighted by Gasteiger charge is 2.34. The molecule has 0 aromatic rings. The largest absolute Gasteiger partial charge is 0.481 e. The molecule has 0 saturated heterocycles. The Morgan fingerprint density at radius 3 is 2.10 bits per heavy atom. The number of sulfonamides is 1. The van der Waals surface area contributed by atoms with Crippen molar-refractivity contribution >= 4 is 21.9 Å². The van der Waals surface area contributed by atoms with E-state index in [-0.39, 0.29) is 6.54 Å². The molecule has 0 aliphatic heterocycles. The molecule has 0 aromatic heterocycles. The lowest BCUT2D eigenvalue weighted by Gasteiger charge is -2.30. The van der Waals surface area contributed by atoms with Gasteiger partial charge in [0.05, 0.1) is 12.2 Å². The highest BCUT2D eigenvalue weighted by atomic mass is 32.2. The van der Waals surface area contributed by atoms with E-state index in [4.69, 9.17) is 5.11 Å². The molecule has 0 saturated carbocycles. The second-order valence-corrected chi connectivity index (χ2v) is 8.04. The van der Waals surface area contributed by atoms with Gasteiger partial charge in [0, 0.05) is 6.54 Å². The normalized spacial score (nSPS) is 15.3. The number of hydrogen-bond acceptors (Lipinski definition) is 4. The Morgan fingerprint density at radius 2 is 1.76 bits per heavy atom. The van der Waals surface area contributed by atoms with Crippen LogP contribution in [0.15, 0.2) is 0 Å². The van der Waals surface area contributed by atoms with E-state index in [1.165, 1.54) is 0 Å². The number of nitrogens with one attached hydrogen (secondary N) is 2. The molecule has 0 fully saturated rings. The first-order valence-electron chi connectivity index (χ1n) is 6.86. The summed E-state index contributed by atoms with van der Waals surface area (Å²) in [5, 5.41) is 11.6. The monoisotopic (exact) mass is 322 g/mol. The lowest BCUT2D eigenvalue weighted by Crippen LogP contribution is -2.54. The van der Waals surface area contributed by atoms with Crippen LogP contribution in [0.1, 0.15) is 40.5 Å². The van der Waals surface area contributed by atoms with Crippen molar-refractivity contribution < 1.29 is 23.1 Å². The summed E-state index contributed by atoms with van der Waals surface area (Å²) < 4.78 is 25.0. The average molecular weight is 322 g/mol. The molecular weight excluding hydrogens is 296 g/mol. The van der Waals surface area contributed by atoms with Crippen molar-refractivity contribution in [2.75, 3.05) is 12.8 Å². The van der Waals surface area contributed by atoms with Crippen molar-refractivity contribution in [1.29, 1.82) is 0 Å². The first-order chi connectivity index (χ1) is 9.38. The lowest BCUT2D eigenvalue weighted by molar-refractivity contribution is -0.142. The van der Waals surface area contributed by atoms with Crippen LogP contribution in [-0.4, -0.2) is 44.2 Å². The molecule has 8 heteroatoms. The van der Waals surface area contributed by atoms with Crippen molar-refractivity contribution in [3.05, 3.63) is 0 Å². The molecule has 124 valence electrons. The van der Waals surface area contributed by atoms with Gasteiger partial charge < -0.3 is 10.4 Å². The Morgan fingerprint density at radius 1 is 1.24 bits per heavy atom. The summed E-state index contributed by atoms with van der Waals surface area (Å²) in [6.45, 7) is 7.05. The van der Waals surface area contributed by atoms with E-state index < -0.39 is 39.3 Å². The first-order valence-corrected chi connectivity index (χ1v) is 8.75. The summed E-state index contributed by atoms with van der Waals surface area (Å²) in [5.74, 6) is -2.16. The third-order valence-electron chi connectivity index (χ3n) is 2.97. The molecule has 21 heavy (non-hydrogen) atoms. The number of amides is 1. The number of rotatable bonds is 8. The number of carboxylic acid groups (broad SMARTS) is 1. The van der Waals surface area contributed by atoms with Crippen LogP contribution in [0.3, 0.4) is 0 Å². The van der Waals surface area contributed by atoms with E-state index in [1.807, 2.05) is 6.92 Å². The molecule has 0 bridgehead atoms. The zero-order chi connectivity index (χ0) is 16.8. The van der Waals surface area contributed by atoms with Crippen LogP contribution in [-0.2, 0) is 19.6 Å². The zero-order valence-corrected chi connectivity index (χ0v) is 14.1. The zero-order valence-electron chi connectivity index (χ0n) is 13.3. The molecule has 0 aliphatic carbocycles. The van der Waals surface area contributed by atoms with Gasteiger partial charge >= 0.3 is 5.97 Å². The Bertz CT molecular complexity index is 467. The Hall–Kier alpha value is -1.15. The number of carboxylic acids is 1. The predicted octanol–water partition coefficient (Wildman–Crippen LogP) is 0.567. The highest BCUT2D eigenvalue weighted by molar-refractivity contribution is 7.88. The van der Waals surface area contributed by atoms with E-state index >= 15 is 0 Å². The Kier molecular flexibility index (Phi) is 7.32. The fourth-order valence-electron chi connectivity index (χ4n) is 1.82. The molecule has 7 nitrogen and oxygen atoms in total. The van der Waals surface area contributed by atoms with Gasteiger partial charge in [-0.3, -0.25) is 9.59 Å². The molecule has 0 heterocycles. The van der Waals surface area contributed by atoms with Gasteiger partial charge in [-0.1, -0.05) is 34.1 Å². The van der Waals surface area contributed by atoms with Crippen molar-refractivity contribution in [2.24, 2.45) is 11.3 Å². The summed E-state index contributed by atoms with van der Waals surface area (Å²) in [4.78, 5) is 23.2. The predicted molar refractivity (Wildman–Crippen MR) is 80.3 cm³/mol. The SMILES string of the molecule is CCCC(CNC(=O)C(NS(C)(=O)=O)C(C)(C)C)C(=O)O. The maximum atomic E-state index is 12.2. The fraction of sp³-hybridized carbons (Fsp3) is 0.846. The van der Waals surface area contributed by atoms with Gasteiger partial charge in [0.1, 0.15) is 6.04 Å². The van der Waals surface area contributed by atoms with Crippen LogP contribution in [0.2, 0.25) is 0 Å². The van der Waals surface area contributed by atoms with Gasteiger partial charge in [-0.2, -0.15) is 0 Å². The number of hydrogen-bond donors (Lipinski definition) is 3. The van der Waals surface area contributed by atoms with Crippen LogP contribution >= 0.6 is 0 Å². The standard InChI is InChI=1S/C13H26N2O5S/c1-6-7-9(12(17)18)8-14-11(16)10(13(2,3)4)15-21(5,19)20/h9-10,15H,6-8H2,1-5H3,(H,14,16)(H,17,18). The Balaban J connectivity index is 4.87. The number of aliphatic carboxylic acids is 1. The molecule has 3 N–H and O–H groups in total. The van der Waals surface area contributed by atoms with Gasteiger partial charge in [-0.05, 0) is 11.8 Å². The van der Waals surface area contributed by atoms with Gasteiger partial charge in [0.25, 0.3) is 0 Å². The topological polar surface area (TPSA) is 113 Å². The number of carbonyl (C=O) groups is 2. The van der Waals surface area contributed by atoms with E-state index in [1.54, 1.807) is 20.8 Å². The molecule has 2 atom stereocenters. The summed E-state index contributed by atoms with van der Waals surface area (Å²) in [6, 6.07) is -0.955. The molecule has 0 aliphatic rings. The highest BCUT2D eigenvalue weighted by Crippen LogP contribution is 2.20. The van der Waals surface area contributed by atoms with Crippen LogP contribution < -0.4 is 10.0 Å². The summed E-state index contributed by atoms with van der Waals surface area (Å²) in [7, 11) is -3.54. The molecule has 0 radical (unpaired) electrons. The maximum absolute atomic E-state index is 12.2. The number of carbonyl (C=O) groups excluding carboxylic acids is 1. The van der Waals surface area contributed by atoms with Crippen molar-refractivity contribution in [2.45, 2.75) is 46.6 Å². The molecular formula is C13H26N2O5S. The van der Waals surface area contributed by atoms with Crippen molar-refractivity contribution in [1.82, 2.24) is 10.0 Å². The third-order valence-corrected chi connectivity index (χ3v) is 3.63. The third kappa shape index (κ3) is 8.01. The molecule has 2 unspecified atom stereocenters. The quantitative estimate of drug-likeness (QED) is 0.604. The van der Waals surface area contributed by atoms with Gasteiger partial charge in [0.15, 0.2) is 0 Å². The Labute approximate surface area is 126 Å². The molecule has 1 amide bonds. The van der Waals surface area contributed by atoms with Crippen molar-refractivity contribution in [3.63, 3.8) is 0 Å². The van der Waals surface area contributed by atoms with Crippen LogP contribution in [0, 0.1) is 11.3 Å². The second kappa shape index (κ2) is 7.74. The van der Waals surface area contributed by atoms with E-state index in [2.05, 4.69) is 10.0 Å².